The number of benzene rings is 2. The first-order valence-corrected chi connectivity index (χ1v) is 7.87. The minimum absolute atomic E-state index is 0. The van der Waals surface area contributed by atoms with Crippen LogP contribution in [0.3, 0.4) is 0 Å². The largest absolute Gasteiger partial charge is 0.486 e. The molecular weight excluding hydrogens is 328 g/mol. The van der Waals surface area contributed by atoms with Crippen molar-refractivity contribution >= 4 is 29.7 Å². The molecule has 0 unspecified atom stereocenters. The molecule has 0 fully saturated rings. The number of ether oxygens (including phenoxy) is 2. The van der Waals surface area contributed by atoms with Crippen LogP contribution in [0.1, 0.15) is 22.3 Å². The van der Waals surface area contributed by atoms with Crippen LogP contribution in [-0.4, -0.2) is 25.7 Å². The van der Waals surface area contributed by atoms with Crippen molar-refractivity contribution in [2.75, 3.05) is 30.4 Å². The molecule has 0 aliphatic carbocycles. The van der Waals surface area contributed by atoms with Crippen LogP contribution in [0.5, 0.6) is 11.5 Å². The summed E-state index contributed by atoms with van der Waals surface area (Å²) in [5.74, 6) is 1.16. The van der Waals surface area contributed by atoms with Crippen LogP contribution in [-0.2, 0) is 6.42 Å². The van der Waals surface area contributed by atoms with Crippen LogP contribution < -0.4 is 20.1 Å². The second kappa shape index (κ2) is 7.01. The Morgan fingerprint density at radius 3 is 2.75 bits per heavy atom. The van der Waals surface area contributed by atoms with Crippen molar-refractivity contribution in [3.05, 3.63) is 47.5 Å². The van der Waals surface area contributed by atoms with Crippen molar-refractivity contribution in [1.82, 2.24) is 0 Å². The number of hydrogen-bond donors (Lipinski definition) is 2. The number of fused-ring (bicyclic) bond motifs is 2. The first-order valence-electron chi connectivity index (χ1n) is 7.87. The normalized spacial score (nSPS) is 14.7. The number of anilines is 2. The topological polar surface area (TPSA) is 59.6 Å². The molecular formula is C18H19ClN2O3. The standard InChI is InChI=1S/C18H18N2O3.ClH/c21-18(13-3-6-16-17(11-13)23-9-8-22-16)20-14-4-5-15-12(10-14)2-1-7-19-15;/h3-6,10-11,19H,1-2,7-9H2,(H,20,21);1H. The quantitative estimate of drug-likeness (QED) is 0.874. The van der Waals surface area contributed by atoms with Crippen molar-refractivity contribution in [3.63, 3.8) is 0 Å². The van der Waals surface area contributed by atoms with Crippen LogP contribution >= 0.6 is 12.4 Å². The van der Waals surface area contributed by atoms with E-state index in [-0.39, 0.29) is 18.3 Å². The highest BCUT2D eigenvalue weighted by atomic mass is 35.5. The Kier molecular flexibility index (Phi) is 4.81. The summed E-state index contributed by atoms with van der Waals surface area (Å²) in [6, 6.07) is 11.2. The second-order valence-corrected chi connectivity index (χ2v) is 5.71. The molecule has 0 radical (unpaired) electrons. The molecule has 0 spiro atoms. The molecule has 126 valence electrons. The molecule has 0 bridgehead atoms. The van der Waals surface area contributed by atoms with Crippen LogP contribution in [0.25, 0.3) is 0 Å². The van der Waals surface area contributed by atoms with E-state index in [0.29, 0.717) is 30.3 Å². The third-order valence-electron chi connectivity index (χ3n) is 4.11. The number of carbonyl (C=O) groups excluding carboxylic acids is 1. The summed E-state index contributed by atoms with van der Waals surface area (Å²) in [6.07, 6.45) is 2.16. The van der Waals surface area contributed by atoms with Gasteiger partial charge in [-0.2, -0.15) is 0 Å². The minimum atomic E-state index is -0.148. The van der Waals surface area contributed by atoms with E-state index in [0.717, 1.165) is 30.8 Å². The smallest absolute Gasteiger partial charge is 0.255 e. The van der Waals surface area contributed by atoms with Gasteiger partial charge in [-0.25, -0.2) is 0 Å². The van der Waals surface area contributed by atoms with Gasteiger partial charge in [0.05, 0.1) is 0 Å². The van der Waals surface area contributed by atoms with Crippen LogP contribution in [0.15, 0.2) is 36.4 Å². The highest BCUT2D eigenvalue weighted by molar-refractivity contribution is 6.04. The zero-order chi connectivity index (χ0) is 15.6. The number of rotatable bonds is 2. The molecule has 0 saturated heterocycles. The van der Waals surface area contributed by atoms with Crippen molar-refractivity contribution in [2.24, 2.45) is 0 Å². The lowest BCUT2D eigenvalue weighted by Gasteiger charge is -2.20. The van der Waals surface area contributed by atoms with Gasteiger partial charge in [0.15, 0.2) is 11.5 Å². The fourth-order valence-electron chi connectivity index (χ4n) is 2.94. The lowest BCUT2D eigenvalue weighted by atomic mass is 10.0. The molecule has 0 atom stereocenters. The highest BCUT2D eigenvalue weighted by Crippen LogP contribution is 2.31. The molecule has 5 nitrogen and oxygen atoms in total. The molecule has 2 aliphatic rings. The molecule has 24 heavy (non-hydrogen) atoms. The maximum atomic E-state index is 12.4. The Morgan fingerprint density at radius 1 is 1.04 bits per heavy atom. The number of aryl methyl sites for hydroxylation is 1. The number of halogens is 1. The van der Waals surface area contributed by atoms with Gasteiger partial charge in [0, 0.05) is 23.5 Å². The van der Waals surface area contributed by atoms with Crippen LogP contribution in [0.2, 0.25) is 0 Å². The average Bonchev–Trinajstić information content (AvgIpc) is 2.61. The van der Waals surface area contributed by atoms with Crippen molar-refractivity contribution < 1.29 is 14.3 Å². The first-order chi connectivity index (χ1) is 11.3. The zero-order valence-corrected chi connectivity index (χ0v) is 13.9. The molecule has 2 aromatic rings. The number of nitrogens with one attached hydrogen (secondary N) is 2. The lowest BCUT2D eigenvalue weighted by molar-refractivity contribution is 0.102. The van der Waals surface area contributed by atoms with Gasteiger partial charge < -0.3 is 20.1 Å². The molecule has 2 N–H and O–H groups in total. The monoisotopic (exact) mass is 346 g/mol. The number of hydrogen-bond acceptors (Lipinski definition) is 4. The molecule has 1 amide bonds. The Labute approximate surface area is 146 Å². The van der Waals surface area contributed by atoms with Crippen molar-refractivity contribution in [1.29, 1.82) is 0 Å². The van der Waals surface area contributed by atoms with Gasteiger partial charge in [-0.3, -0.25) is 4.79 Å². The zero-order valence-electron chi connectivity index (χ0n) is 13.1. The van der Waals surface area contributed by atoms with Gasteiger partial charge in [-0.1, -0.05) is 0 Å². The predicted octanol–water partition coefficient (Wildman–Crippen LogP) is 3.49. The van der Waals surface area contributed by atoms with Crippen molar-refractivity contribution in [3.8, 4) is 11.5 Å². The maximum Gasteiger partial charge on any atom is 0.255 e. The van der Waals surface area contributed by atoms with E-state index in [9.17, 15) is 4.79 Å². The highest BCUT2D eigenvalue weighted by Gasteiger charge is 2.16. The number of amides is 1. The van der Waals surface area contributed by atoms with Gasteiger partial charge in [0.25, 0.3) is 5.91 Å². The van der Waals surface area contributed by atoms with Crippen LogP contribution in [0, 0.1) is 0 Å². The van der Waals surface area contributed by atoms with Gasteiger partial charge in [0.2, 0.25) is 0 Å². The average molecular weight is 347 g/mol. The maximum absolute atomic E-state index is 12.4. The van der Waals surface area contributed by atoms with Gasteiger partial charge in [0.1, 0.15) is 13.2 Å². The van der Waals surface area contributed by atoms with E-state index in [2.05, 4.69) is 10.6 Å². The predicted molar refractivity (Wildman–Crippen MR) is 95.9 cm³/mol. The summed E-state index contributed by atoms with van der Waals surface area (Å²) < 4.78 is 11.0. The SMILES string of the molecule is Cl.O=C(Nc1ccc2c(c1)CCCN2)c1ccc2c(c1)OCCO2. The van der Waals surface area contributed by atoms with E-state index in [1.54, 1.807) is 18.2 Å². The van der Waals surface area contributed by atoms with E-state index < -0.39 is 0 Å². The molecule has 6 heteroatoms. The third-order valence-corrected chi connectivity index (χ3v) is 4.11. The summed E-state index contributed by atoms with van der Waals surface area (Å²) in [5.41, 5.74) is 3.78. The van der Waals surface area contributed by atoms with Gasteiger partial charge in [-0.05, 0) is 54.8 Å². The lowest BCUT2D eigenvalue weighted by Crippen LogP contribution is -2.17. The Hall–Kier alpha value is -2.40. The molecule has 2 aliphatic heterocycles. The first kappa shape index (κ1) is 16.5. The summed E-state index contributed by atoms with van der Waals surface area (Å²) in [4.78, 5) is 12.4. The molecule has 0 aromatic heterocycles. The van der Waals surface area contributed by atoms with E-state index in [4.69, 9.17) is 9.47 Å². The van der Waals surface area contributed by atoms with Crippen molar-refractivity contribution in [2.45, 2.75) is 12.8 Å². The van der Waals surface area contributed by atoms with E-state index >= 15 is 0 Å². The van der Waals surface area contributed by atoms with E-state index in [1.165, 1.54) is 5.56 Å². The van der Waals surface area contributed by atoms with Crippen LogP contribution in [0.4, 0.5) is 11.4 Å². The Bertz CT molecular complexity index is 764. The summed E-state index contributed by atoms with van der Waals surface area (Å²) in [5, 5.41) is 6.32. The van der Waals surface area contributed by atoms with Gasteiger partial charge >= 0.3 is 0 Å². The summed E-state index contributed by atoms with van der Waals surface area (Å²) in [6.45, 7) is 2.06. The number of carbonyl (C=O) groups is 1. The Morgan fingerprint density at radius 2 is 1.88 bits per heavy atom. The fourth-order valence-corrected chi connectivity index (χ4v) is 2.94. The fraction of sp³-hybridized carbons (Fsp3) is 0.278. The van der Waals surface area contributed by atoms with E-state index in [1.807, 2.05) is 18.2 Å². The minimum Gasteiger partial charge on any atom is -0.486 e. The summed E-state index contributed by atoms with van der Waals surface area (Å²) in [7, 11) is 0. The molecule has 0 saturated carbocycles. The summed E-state index contributed by atoms with van der Waals surface area (Å²) >= 11 is 0. The molecule has 4 rings (SSSR count). The second-order valence-electron chi connectivity index (χ2n) is 5.71. The molecule has 2 aromatic carbocycles. The molecule has 2 heterocycles. The Balaban J connectivity index is 0.00000169. The van der Waals surface area contributed by atoms with Gasteiger partial charge in [-0.15, -0.1) is 12.4 Å². The third kappa shape index (κ3) is 3.26.